The van der Waals surface area contributed by atoms with Crippen LogP contribution < -0.4 is 10.2 Å². The first-order valence-electron chi connectivity index (χ1n) is 9.69. The standard InChI is InChI=1S/C21H28N6O/c1-14-12-15(2)24-19(17(14)13-22)26-10-7-16(8-11-26)27-18(6-9-23-27)25-20(28)21(3,4)5/h6,9,12,16H,7-8,10-11H2,1-5H3,(H,25,28). The molecule has 0 radical (unpaired) electrons. The first-order chi connectivity index (χ1) is 13.2. The summed E-state index contributed by atoms with van der Waals surface area (Å²) in [5.74, 6) is 1.49. The maximum Gasteiger partial charge on any atom is 0.230 e. The third-order valence-corrected chi connectivity index (χ3v) is 5.14. The van der Waals surface area contributed by atoms with Gasteiger partial charge in [0.05, 0.1) is 17.8 Å². The molecule has 2 aromatic heterocycles. The maximum absolute atomic E-state index is 12.3. The average Bonchev–Trinajstić information content (AvgIpc) is 3.08. The molecular formula is C21H28N6O. The van der Waals surface area contributed by atoms with Gasteiger partial charge in [-0.25, -0.2) is 9.67 Å². The van der Waals surface area contributed by atoms with Crippen LogP contribution in [0.15, 0.2) is 18.3 Å². The van der Waals surface area contributed by atoms with Crippen molar-refractivity contribution in [3.63, 3.8) is 0 Å². The predicted molar refractivity (Wildman–Crippen MR) is 109 cm³/mol. The summed E-state index contributed by atoms with van der Waals surface area (Å²) in [5.41, 5.74) is 2.08. The molecule has 0 aliphatic carbocycles. The number of nitrogens with one attached hydrogen (secondary N) is 1. The van der Waals surface area contributed by atoms with Gasteiger partial charge >= 0.3 is 0 Å². The van der Waals surface area contributed by atoms with Gasteiger partial charge in [-0.05, 0) is 38.3 Å². The first kappa shape index (κ1) is 19.9. The average molecular weight is 380 g/mol. The molecule has 2 aromatic rings. The van der Waals surface area contributed by atoms with E-state index in [-0.39, 0.29) is 11.9 Å². The third kappa shape index (κ3) is 4.01. The minimum atomic E-state index is -0.457. The molecule has 1 amide bonds. The van der Waals surface area contributed by atoms with Crippen molar-refractivity contribution < 1.29 is 4.79 Å². The molecule has 3 heterocycles. The number of anilines is 2. The molecule has 0 unspecified atom stereocenters. The summed E-state index contributed by atoms with van der Waals surface area (Å²) < 4.78 is 1.92. The van der Waals surface area contributed by atoms with Gasteiger partial charge in [-0.15, -0.1) is 0 Å². The van der Waals surface area contributed by atoms with E-state index in [0.29, 0.717) is 5.56 Å². The Hall–Kier alpha value is -2.88. The number of hydrogen-bond acceptors (Lipinski definition) is 5. The highest BCUT2D eigenvalue weighted by Crippen LogP contribution is 2.30. The molecule has 0 aromatic carbocycles. The fraction of sp³-hybridized carbons (Fsp3) is 0.524. The van der Waals surface area contributed by atoms with E-state index in [9.17, 15) is 10.1 Å². The molecule has 0 saturated carbocycles. The van der Waals surface area contributed by atoms with Crippen LogP contribution in [0.2, 0.25) is 0 Å². The van der Waals surface area contributed by atoms with Crippen molar-refractivity contribution in [1.82, 2.24) is 14.8 Å². The van der Waals surface area contributed by atoms with Gasteiger partial charge in [0, 0.05) is 30.3 Å². The quantitative estimate of drug-likeness (QED) is 0.879. The van der Waals surface area contributed by atoms with E-state index in [1.54, 1.807) is 6.20 Å². The Morgan fingerprint density at radius 3 is 2.57 bits per heavy atom. The summed E-state index contributed by atoms with van der Waals surface area (Å²) in [6.45, 7) is 11.2. The molecule has 7 nitrogen and oxygen atoms in total. The molecule has 3 rings (SSSR count). The van der Waals surface area contributed by atoms with Crippen LogP contribution in [0.25, 0.3) is 0 Å². The largest absolute Gasteiger partial charge is 0.355 e. The van der Waals surface area contributed by atoms with Crippen molar-refractivity contribution in [2.24, 2.45) is 5.41 Å². The minimum Gasteiger partial charge on any atom is -0.355 e. The number of nitrogens with zero attached hydrogens (tertiary/aromatic N) is 5. The molecule has 28 heavy (non-hydrogen) atoms. The maximum atomic E-state index is 12.3. The normalized spacial score (nSPS) is 15.4. The predicted octanol–water partition coefficient (Wildman–Crippen LogP) is 3.59. The highest BCUT2D eigenvalue weighted by Gasteiger charge is 2.27. The van der Waals surface area contributed by atoms with Crippen molar-refractivity contribution in [2.45, 2.75) is 53.5 Å². The van der Waals surface area contributed by atoms with Crippen LogP contribution in [-0.4, -0.2) is 33.8 Å². The van der Waals surface area contributed by atoms with Gasteiger partial charge in [-0.2, -0.15) is 10.4 Å². The number of nitriles is 1. The zero-order chi connectivity index (χ0) is 20.5. The number of piperidine rings is 1. The molecule has 1 saturated heterocycles. The van der Waals surface area contributed by atoms with Gasteiger partial charge in [0.2, 0.25) is 5.91 Å². The van der Waals surface area contributed by atoms with E-state index >= 15 is 0 Å². The first-order valence-corrected chi connectivity index (χ1v) is 9.69. The van der Waals surface area contributed by atoms with Crippen LogP contribution in [-0.2, 0) is 4.79 Å². The molecule has 0 spiro atoms. The van der Waals surface area contributed by atoms with E-state index < -0.39 is 5.41 Å². The van der Waals surface area contributed by atoms with Crippen molar-refractivity contribution >= 4 is 17.5 Å². The van der Waals surface area contributed by atoms with E-state index in [4.69, 9.17) is 0 Å². The zero-order valence-electron chi connectivity index (χ0n) is 17.3. The topological polar surface area (TPSA) is 86.8 Å². The lowest BCUT2D eigenvalue weighted by atomic mass is 9.96. The Kier molecular flexibility index (Phi) is 5.41. The lowest BCUT2D eigenvalue weighted by Crippen LogP contribution is -2.37. The molecule has 1 N–H and O–H groups in total. The number of amides is 1. The van der Waals surface area contributed by atoms with E-state index in [0.717, 1.165) is 48.8 Å². The molecule has 0 bridgehead atoms. The Balaban J connectivity index is 1.73. The number of hydrogen-bond donors (Lipinski definition) is 1. The van der Waals surface area contributed by atoms with Gasteiger partial charge in [0.1, 0.15) is 17.7 Å². The van der Waals surface area contributed by atoms with Crippen LogP contribution in [0.4, 0.5) is 11.6 Å². The van der Waals surface area contributed by atoms with E-state index in [2.05, 4.69) is 26.4 Å². The molecular weight excluding hydrogens is 352 g/mol. The minimum absolute atomic E-state index is 0.0233. The highest BCUT2D eigenvalue weighted by atomic mass is 16.2. The number of aryl methyl sites for hydroxylation is 2. The van der Waals surface area contributed by atoms with Crippen LogP contribution in [0, 0.1) is 30.6 Å². The van der Waals surface area contributed by atoms with Gasteiger partial charge in [-0.1, -0.05) is 20.8 Å². The van der Waals surface area contributed by atoms with Crippen molar-refractivity contribution in [2.75, 3.05) is 23.3 Å². The Labute approximate surface area is 166 Å². The Morgan fingerprint density at radius 1 is 1.29 bits per heavy atom. The molecule has 0 atom stereocenters. The van der Waals surface area contributed by atoms with Crippen LogP contribution in [0.5, 0.6) is 0 Å². The smallest absolute Gasteiger partial charge is 0.230 e. The number of aromatic nitrogens is 3. The lowest BCUT2D eigenvalue weighted by molar-refractivity contribution is -0.123. The van der Waals surface area contributed by atoms with Crippen LogP contribution in [0.1, 0.15) is 56.5 Å². The Bertz CT molecular complexity index is 910. The third-order valence-electron chi connectivity index (χ3n) is 5.14. The molecule has 1 fully saturated rings. The fourth-order valence-electron chi connectivity index (χ4n) is 3.51. The van der Waals surface area contributed by atoms with E-state index in [1.165, 1.54) is 0 Å². The number of pyridine rings is 1. The van der Waals surface area contributed by atoms with Crippen LogP contribution >= 0.6 is 0 Å². The number of carbonyl (C=O) groups excluding carboxylic acids is 1. The van der Waals surface area contributed by atoms with E-state index in [1.807, 2.05) is 51.4 Å². The summed E-state index contributed by atoms with van der Waals surface area (Å²) in [6, 6.07) is 6.30. The second kappa shape index (κ2) is 7.63. The fourth-order valence-corrected chi connectivity index (χ4v) is 3.51. The van der Waals surface area contributed by atoms with Gasteiger partial charge < -0.3 is 10.2 Å². The summed E-state index contributed by atoms with van der Waals surface area (Å²) in [6.07, 6.45) is 3.48. The van der Waals surface area contributed by atoms with Gasteiger partial charge in [-0.3, -0.25) is 4.79 Å². The molecule has 1 aliphatic rings. The summed E-state index contributed by atoms with van der Waals surface area (Å²) in [7, 11) is 0. The summed E-state index contributed by atoms with van der Waals surface area (Å²) >= 11 is 0. The summed E-state index contributed by atoms with van der Waals surface area (Å²) in [5, 5.41) is 17.0. The molecule has 7 heteroatoms. The zero-order valence-corrected chi connectivity index (χ0v) is 17.3. The van der Waals surface area contributed by atoms with Crippen molar-refractivity contribution in [3.05, 3.63) is 35.2 Å². The highest BCUT2D eigenvalue weighted by molar-refractivity contribution is 5.93. The second-order valence-electron chi connectivity index (χ2n) is 8.47. The van der Waals surface area contributed by atoms with Crippen molar-refractivity contribution in [1.29, 1.82) is 5.26 Å². The van der Waals surface area contributed by atoms with Crippen molar-refractivity contribution in [3.8, 4) is 6.07 Å². The molecule has 148 valence electrons. The SMILES string of the molecule is Cc1cc(C)c(C#N)c(N2CCC(n3nccc3NC(=O)C(C)(C)C)CC2)n1. The van der Waals surface area contributed by atoms with Gasteiger partial charge in [0.15, 0.2) is 0 Å². The second-order valence-corrected chi connectivity index (χ2v) is 8.47. The molecule has 1 aliphatic heterocycles. The summed E-state index contributed by atoms with van der Waals surface area (Å²) in [4.78, 5) is 19.1. The van der Waals surface area contributed by atoms with Crippen LogP contribution in [0.3, 0.4) is 0 Å². The van der Waals surface area contributed by atoms with Gasteiger partial charge in [0.25, 0.3) is 0 Å². The number of rotatable bonds is 3. The Morgan fingerprint density at radius 2 is 1.96 bits per heavy atom. The lowest BCUT2D eigenvalue weighted by Gasteiger charge is -2.34. The monoisotopic (exact) mass is 380 g/mol. The number of carbonyl (C=O) groups is 1.